The van der Waals surface area contributed by atoms with E-state index in [4.69, 9.17) is 0 Å². The van der Waals surface area contributed by atoms with Crippen molar-refractivity contribution in [2.24, 2.45) is 0 Å². The van der Waals surface area contributed by atoms with Gasteiger partial charge in [0.2, 0.25) is 0 Å². The van der Waals surface area contributed by atoms with E-state index in [9.17, 15) is 4.79 Å². The Morgan fingerprint density at radius 3 is 3.17 bits per heavy atom. The van der Waals surface area contributed by atoms with Gasteiger partial charge in [0.15, 0.2) is 0 Å². The van der Waals surface area contributed by atoms with Gasteiger partial charge in [-0.15, -0.1) is 0 Å². The van der Waals surface area contributed by atoms with Crippen molar-refractivity contribution in [1.82, 2.24) is 15.0 Å². The molecule has 0 amide bonds. The van der Waals surface area contributed by atoms with Crippen molar-refractivity contribution in [3.05, 3.63) is 34.5 Å². The molecule has 0 unspecified atom stereocenters. The van der Waals surface area contributed by atoms with Crippen LogP contribution in [0.2, 0.25) is 0 Å². The van der Waals surface area contributed by atoms with Gasteiger partial charge in [-0.1, -0.05) is 0 Å². The maximum atomic E-state index is 11.1. The Labute approximate surface area is 68.3 Å². The third-order valence-electron chi connectivity index (χ3n) is 1.66. The van der Waals surface area contributed by atoms with E-state index in [0.717, 1.165) is 5.52 Å². The molecule has 0 atom stereocenters. The van der Waals surface area contributed by atoms with Gasteiger partial charge in [-0.2, -0.15) is 0 Å². The predicted molar refractivity (Wildman–Crippen MR) is 44.9 cm³/mol. The third kappa shape index (κ3) is 0.972. The number of aromatic nitrogens is 3. The highest BCUT2D eigenvalue weighted by Gasteiger charge is 1.97. The summed E-state index contributed by atoms with van der Waals surface area (Å²) < 4.78 is 0. The maximum absolute atomic E-state index is 11.1. The molecule has 0 aliphatic heterocycles. The summed E-state index contributed by atoms with van der Waals surface area (Å²) in [5.41, 5.74) is 1.76. The van der Waals surface area contributed by atoms with Crippen LogP contribution in [0.25, 0.3) is 11.0 Å². The van der Waals surface area contributed by atoms with E-state index in [-0.39, 0.29) is 5.56 Å². The molecule has 0 saturated carbocycles. The Morgan fingerprint density at radius 2 is 2.33 bits per heavy atom. The summed E-state index contributed by atoms with van der Waals surface area (Å²) in [4.78, 5) is 21.7. The molecule has 1 N–H and O–H groups in total. The summed E-state index contributed by atoms with van der Waals surface area (Å²) in [7, 11) is 0. The lowest BCUT2D eigenvalue weighted by Gasteiger charge is -1.95. The minimum atomic E-state index is -0.157. The van der Waals surface area contributed by atoms with Crippen LogP contribution in [0.5, 0.6) is 0 Å². The fourth-order valence-electron chi connectivity index (χ4n) is 1.03. The molecule has 0 aliphatic rings. The summed E-state index contributed by atoms with van der Waals surface area (Å²) in [5.74, 6) is 0. The number of aromatic amines is 1. The van der Waals surface area contributed by atoms with Crippen LogP contribution in [-0.2, 0) is 0 Å². The highest BCUT2D eigenvalue weighted by molar-refractivity contribution is 5.72. The molecular weight excluding hydrogens is 154 g/mol. The van der Waals surface area contributed by atoms with Crippen LogP contribution in [0.3, 0.4) is 0 Å². The summed E-state index contributed by atoms with van der Waals surface area (Å²) in [5, 5.41) is 0. The second kappa shape index (κ2) is 2.41. The van der Waals surface area contributed by atoms with Gasteiger partial charge in [0.25, 0.3) is 5.56 Å². The Hall–Kier alpha value is -1.71. The van der Waals surface area contributed by atoms with E-state index in [1.54, 1.807) is 25.4 Å². The number of fused-ring (bicyclic) bond motifs is 1. The molecule has 2 heterocycles. The van der Waals surface area contributed by atoms with Crippen molar-refractivity contribution in [3.8, 4) is 0 Å². The molecule has 2 rings (SSSR count). The van der Waals surface area contributed by atoms with Gasteiger partial charge >= 0.3 is 0 Å². The van der Waals surface area contributed by atoms with Gasteiger partial charge in [0, 0.05) is 6.20 Å². The Balaban J connectivity index is 2.93. The number of aryl methyl sites for hydroxylation is 1. The normalized spacial score (nSPS) is 10.4. The van der Waals surface area contributed by atoms with Crippen LogP contribution in [-0.4, -0.2) is 15.0 Å². The summed E-state index contributed by atoms with van der Waals surface area (Å²) >= 11 is 0. The number of hydrogen-bond donors (Lipinski definition) is 1. The highest BCUT2D eigenvalue weighted by atomic mass is 16.1. The zero-order valence-electron chi connectivity index (χ0n) is 6.53. The van der Waals surface area contributed by atoms with Crippen molar-refractivity contribution < 1.29 is 0 Å². The van der Waals surface area contributed by atoms with Crippen molar-refractivity contribution in [2.45, 2.75) is 6.92 Å². The van der Waals surface area contributed by atoms with Gasteiger partial charge < -0.3 is 4.98 Å². The molecule has 0 fully saturated rings. The van der Waals surface area contributed by atoms with E-state index in [0.29, 0.717) is 11.2 Å². The third-order valence-corrected chi connectivity index (χ3v) is 1.66. The number of hydrogen-bond acceptors (Lipinski definition) is 3. The van der Waals surface area contributed by atoms with E-state index in [1.807, 2.05) is 0 Å². The average molecular weight is 161 g/mol. The first-order chi connectivity index (χ1) is 5.77. The Bertz CT molecular complexity index is 475. The molecule has 0 radical (unpaired) electrons. The topological polar surface area (TPSA) is 58.6 Å². The second-order valence-corrected chi connectivity index (χ2v) is 2.54. The van der Waals surface area contributed by atoms with Crippen LogP contribution in [0.4, 0.5) is 0 Å². The van der Waals surface area contributed by atoms with Crippen LogP contribution >= 0.6 is 0 Å². The lowest BCUT2D eigenvalue weighted by molar-refractivity contribution is 1.11. The minimum Gasteiger partial charge on any atom is -0.318 e. The molecule has 0 aliphatic carbocycles. The summed E-state index contributed by atoms with van der Waals surface area (Å²) in [6, 6.07) is 1.76. The zero-order chi connectivity index (χ0) is 8.55. The Morgan fingerprint density at radius 1 is 1.50 bits per heavy atom. The van der Waals surface area contributed by atoms with Crippen molar-refractivity contribution in [1.29, 1.82) is 0 Å². The van der Waals surface area contributed by atoms with Gasteiger partial charge in [0.05, 0.1) is 17.2 Å². The van der Waals surface area contributed by atoms with Crippen molar-refractivity contribution >= 4 is 11.0 Å². The van der Waals surface area contributed by atoms with Crippen LogP contribution in [0.1, 0.15) is 5.69 Å². The first-order valence-corrected chi connectivity index (χ1v) is 3.58. The van der Waals surface area contributed by atoms with Gasteiger partial charge in [-0.05, 0) is 13.0 Å². The van der Waals surface area contributed by atoms with E-state index in [2.05, 4.69) is 15.0 Å². The van der Waals surface area contributed by atoms with Gasteiger partial charge in [-0.3, -0.25) is 9.78 Å². The molecule has 0 bridgehead atoms. The Kier molecular flexibility index (Phi) is 1.40. The molecule has 60 valence electrons. The maximum Gasteiger partial charge on any atom is 0.269 e. The standard InChI is InChI=1S/C8H7N3O/c1-5-8(12)11-7-4-9-3-2-6(7)10-5/h2-4H,1H3,(H,11,12). The van der Waals surface area contributed by atoms with Gasteiger partial charge in [0.1, 0.15) is 5.69 Å². The number of pyridine rings is 1. The molecule has 0 aromatic carbocycles. The largest absolute Gasteiger partial charge is 0.318 e. The lowest BCUT2D eigenvalue weighted by Crippen LogP contribution is -2.11. The van der Waals surface area contributed by atoms with Crippen LogP contribution < -0.4 is 5.56 Å². The molecule has 0 saturated heterocycles. The summed E-state index contributed by atoms with van der Waals surface area (Å²) in [6.07, 6.45) is 3.23. The number of rotatable bonds is 0. The first-order valence-electron chi connectivity index (χ1n) is 3.58. The average Bonchev–Trinajstić information content (AvgIpc) is 2.07. The fourth-order valence-corrected chi connectivity index (χ4v) is 1.03. The fraction of sp³-hybridized carbons (Fsp3) is 0.125. The van der Waals surface area contributed by atoms with Crippen LogP contribution in [0.15, 0.2) is 23.3 Å². The lowest BCUT2D eigenvalue weighted by atomic mass is 10.3. The number of nitrogens with one attached hydrogen (secondary N) is 1. The summed E-state index contributed by atoms with van der Waals surface area (Å²) in [6.45, 7) is 1.68. The monoisotopic (exact) mass is 161 g/mol. The zero-order valence-corrected chi connectivity index (χ0v) is 6.53. The van der Waals surface area contributed by atoms with E-state index < -0.39 is 0 Å². The molecule has 12 heavy (non-hydrogen) atoms. The smallest absolute Gasteiger partial charge is 0.269 e. The van der Waals surface area contributed by atoms with E-state index >= 15 is 0 Å². The van der Waals surface area contributed by atoms with Gasteiger partial charge in [-0.25, -0.2) is 4.98 Å². The minimum absolute atomic E-state index is 0.157. The van der Waals surface area contributed by atoms with Crippen molar-refractivity contribution in [3.63, 3.8) is 0 Å². The molecule has 4 nitrogen and oxygen atoms in total. The number of H-pyrrole nitrogens is 1. The molecule has 2 aromatic rings. The first kappa shape index (κ1) is 6.97. The molecular formula is C8H7N3O. The molecule has 2 aromatic heterocycles. The predicted octanol–water partition coefficient (Wildman–Crippen LogP) is 0.627. The molecule has 4 heteroatoms. The number of nitrogens with zero attached hydrogens (tertiary/aromatic N) is 2. The SMILES string of the molecule is Cc1nc2ccncc2[nH]c1=O. The second-order valence-electron chi connectivity index (χ2n) is 2.54. The van der Waals surface area contributed by atoms with E-state index in [1.165, 1.54) is 0 Å². The van der Waals surface area contributed by atoms with Crippen molar-refractivity contribution in [2.75, 3.05) is 0 Å². The van der Waals surface area contributed by atoms with Crippen LogP contribution in [0, 0.1) is 6.92 Å². The highest BCUT2D eigenvalue weighted by Crippen LogP contribution is 2.02. The molecule has 0 spiro atoms. The quantitative estimate of drug-likeness (QED) is 0.616.